The van der Waals surface area contributed by atoms with Crippen LogP contribution in [-0.4, -0.2) is 17.3 Å². The van der Waals surface area contributed by atoms with Gasteiger partial charge in [0, 0.05) is 24.2 Å². The molecule has 0 atom stereocenters. The lowest BCUT2D eigenvalue weighted by Crippen LogP contribution is -2.12. The van der Waals surface area contributed by atoms with Gasteiger partial charge in [0.05, 0.1) is 7.11 Å². The topological polar surface area (TPSA) is 61.7 Å². The fraction of sp³-hybridized carbons (Fsp3) is 0.200. The van der Waals surface area contributed by atoms with Crippen LogP contribution in [0, 0.1) is 0 Å². The maximum atomic E-state index is 9.74. The summed E-state index contributed by atoms with van der Waals surface area (Å²) in [7, 11) is 1.59. The SMILES string of the molecule is COc1ccc(O)c(CNCc2ccccc2O)c1. The van der Waals surface area contributed by atoms with Gasteiger partial charge in [-0.3, -0.25) is 0 Å². The Morgan fingerprint density at radius 2 is 1.63 bits per heavy atom. The maximum absolute atomic E-state index is 9.74. The van der Waals surface area contributed by atoms with E-state index in [1.165, 1.54) is 0 Å². The summed E-state index contributed by atoms with van der Waals surface area (Å²) in [6.45, 7) is 1.03. The summed E-state index contributed by atoms with van der Waals surface area (Å²) < 4.78 is 5.11. The van der Waals surface area contributed by atoms with Gasteiger partial charge in [-0.05, 0) is 24.3 Å². The van der Waals surface area contributed by atoms with Crippen LogP contribution in [0.15, 0.2) is 42.5 Å². The summed E-state index contributed by atoms with van der Waals surface area (Å²) in [5.74, 6) is 1.20. The van der Waals surface area contributed by atoms with Crippen LogP contribution < -0.4 is 10.1 Å². The van der Waals surface area contributed by atoms with Crippen molar-refractivity contribution in [3.63, 3.8) is 0 Å². The molecular formula is C15H17NO3. The molecule has 0 saturated carbocycles. The van der Waals surface area contributed by atoms with Gasteiger partial charge in [-0.25, -0.2) is 0 Å². The Morgan fingerprint density at radius 3 is 2.37 bits per heavy atom. The van der Waals surface area contributed by atoms with E-state index >= 15 is 0 Å². The van der Waals surface area contributed by atoms with Gasteiger partial charge in [0.1, 0.15) is 17.2 Å². The second-order valence-corrected chi connectivity index (χ2v) is 4.23. The van der Waals surface area contributed by atoms with Gasteiger partial charge in [0.2, 0.25) is 0 Å². The average Bonchev–Trinajstić information content (AvgIpc) is 2.43. The summed E-state index contributed by atoms with van der Waals surface area (Å²) in [6.07, 6.45) is 0. The molecule has 4 heteroatoms. The fourth-order valence-corrected chi connectivity index (χ4v) is 1.82. The number of para-hydroxylation sites is 1. The molecule has 0 bridgehead atoms. The lowest BCUT2D eigenvalue weighted by Gasteiger charge is -2.09. The molecule has 0 aromatic heterocycles. The van der Waals surface area contributed by atoms with Crippen molar-refractivity contribution >= 4 is 0 Å². The summed E-state index contributed by atoms with van der Waals surface area (Å²) in [5.41, 5.74) is 1.58. The number of benzene rings is 2. The van der Waals surface area contributed by atoms with Crippen LogP contribution in [0.3, 0.4) is 0 Å². The largest absolute Gasteiger partial charge is 0.508 e. The van der Waals surface area contributed by atoms with E-state index in [4.69, 9.17) is 4.74 Å². The number of aromatic hydroxyl groups is 2. The molecule has 3 N–H and O–H groups in total. The van der Waals surface area contributed by atoms with Crippen LogP contribution in [-0.2, 0) is 13.1 Å². The molecule has 0 heterocycles. The average molecular weight is 259 g/mol. The highest BCUT2D eigenvalue weighted by Crippen LogP contribution is 2.23. The smallest absolute Gasteiger partial charge is 0.120 e. The second-order valence-electron chi connectivity index (χ2n) is 4.23. The van der Waals surface area contributed by atoms with E-state index < -0.39 is 0 Å². The van der Waals surface area contributed by atoms with Gasteiger partial charge in [0.15, 0.2) is 0 Å². The molecule has 19 heavy (non-hydrogen) atoms. The van der Waals surface area contributed by atoms with E-state index in [0.29, 0.717) is 18.8 Å². The maximum Gasteiger partial charge on any atom is 0.120 e. The fourth-order valence-electron chi connectivity index (χ4n) is 1.82. The molecule has 2 aromatic rings. The number of hydrogen-bond donors (Lipinski definition) is 3. The normalized spacial score (nSPS) is 10.4. The Hall–Kier alpha value is -2.20. The first-order chi connectivity index (χ1) is 9.20. The first-order valence-corrected chi connectivity index (χ1v) is 6.04. The molecule has 2 rings (SSSR count). The Kier molecular flexibility index (Phi) is 4.26. The summed E-state index contributed by atoms with van der Waals surface area (Å²) >= 11 is 0. The number of methoxy groups -OCH3 is 1. The van der Waals surface area contributed by atoms with Crippen LogP contribution in [0.2, 0.25) is 0 Å². The lowest BCUT2D eigenvalue weighted by atomic mass is 10.1. The minimum atomic E-state index is 0.227. The number of phenols is 2. The molecule has 0 saturated heterocycles. The molecule has 4 nitrogen and oxygen atoms in total. The lowest BCUT2D eigenvalue weighted by molar-refractivity contribution is 0.410. The van der Waals surface area contributed by atoms with Gasteiger partial charge >= 0.3 is 0 Å². The van der Waals surface area contributed by atoms with E-state index in [2.05, 4.69) is 5.32 Å². The zero-order valence-corrected chi connectivity index (χ0v) is 10.8. The van der Waals surface area contributed by atoms with E-state index in [0.717, 1.165) is 11.1 Å². The van der Waals surface area contributed by atoms with Crippen molar-refractivity contribution in [2.24, 2.45) is 0 Å². The van der Waals surface area contributed by atoms with E-state index in [1.54, 1.807) is 37.4 Å². The van der Waals surface area contributed by atoms with Crippen LogP contribution >= 0.6 is 0 Å². The van der Waals surface area contributed by atoms with E-state index in [9.17, 15) is 10.2 Å². The predicted octanol–water partition coefficient (Wildman–Crippen LogP) is 2.40. The van der Waals surface area contributed by atoms with Crippen LogP contribution in [0.4, 0.5) is 0 Å². The molecule has 0 fully saturated rings. The second kappa shape index (κ2) is 6.11. The highest BCUT2D eigenvalue weighted by Gasteiger charge is 2.04. The predicted molar refractivity (Wildman–Crippen MR) is 73.3 cm³/mol. The zero-order valence-electron chi connectivity index (χ0n) is 10.8. The van der Waals surface area contributed by atoms with Gasteiger partial charge in [-0.1, -0.05) is 18.2 Å². The molecule has 100 valence electrons. The number of rotatable bonds is 5. The molecule has 0 radical (unpaired) electrons. The summed E-state index contributed by atoms with van der Waals surface area (Å²) in [5, 5.41) is 22.5. The minimum Gasteiger partial charge on any atom is -0.508 e. The molecule has 0 amide bonds. The van der Waals surface area contributed by atoms with Crippen LogP contribution in [0.25, 0.3) is 0 Å². The summed E-state index contributed by atoms with van der Waals surface area (Å²) in [6, 6.07) is 12.3. The highest BCUT2D eigenvalue weighted by atomic mass is 16.5. The third kappa shape index (κ3) is 3.39. The molecule has 0 unspecified atom stereocenters. The molecular weight excluding hydrogens is 242 g/mol. The van der Waals surface area contributed by atoms with Crippen LogP contribution in [0.5, 0.6) is 17.2 Å². The number of phenolic OH excluding ortho intramolecular Hbond substituents is 2. The van der Waals surface area contributed by atoms with Crippen molar-refractivity contribution in [1.29, 1.82) is 0 Å². The molecule has 0 aliphatic heterocycles. The summed E-state index contributed by atoms with van der Waals surface area (Å²) in [4.78, 5) is 0. The number of ether oxygens (including phenoxy) is 1. The quantitative estimate of drug-likeness (QED) is 0.771. The monoisotopic (exact) mass is 259 g/mol. The Morgan fingerprint density at radius 1 is 0.947 bits per heavy atom. The standard InChI is InChI=1S/C15H17NO3/c1-19-13-6-7-15(18)12(8-13)10-16-9-11-4-2-3-5-14(11)17/h2-8,16-18H,9-10H2,1H3. The van der Waals surface area contributed by atoms with Crippen molar-refractivity contribution in [3.8, 4) is 17.2 Å². The Bertz CT molecular complexity index is 555. The number of nitrogens with one attached hydrogen (secondary N) is 1. The number of hydrogen-bond acceptors (Lipinski definition) is 4. The first kappa shape index (κ1) is 13.2. The van der Waals surface area contributed by atoms with Crippen LogP contribution in [0.1, 0.15) is 11.1 Å². The van der Waals surface area contributed by atoms with Gasteiger partial charge in [0.25, 0.3) is 0 Å². The third-order valence-electron chi connectivity index (χ3n) is 2.91. The van der Waals surface area contributed by atoms with Crippen molar-refractivity contribution in [1.82, 2.24) is 5.32 Å². The van der Waals surface area contributed by atoms with Gasteiger partial charge < -0.3 is 20.3 Å². The molecule has 0 spiro atoms. The molecule has 2 aromatic carbocycles. The minimum absolute atomic E-state index is 0.227. The van der Waals surface area contributed by atoms with E-state index in [-0.39, 0.29) is 11.5 Å². The van der Waals surface area contributed by atoms with Crippen molar-refractivity contribution in [2.75, 3.05) is 7.11 Å². The van der Waals surface area contributed by atoms with Gasteiger partial charge in [-0.2, -0.15) is 0 Å². The Labute approximate surface area is 112 Å². The van der Waals surface area contributed by atoms with Crippen molar-refractivity contribution in [2.45, 2.75) is 13.1 Å². The third-order valence-corrected chi connectivity index (χ3v) is 2.91. The van der Waals surface area contributed by atoms with Crippen molar-refractivity contribution in [3.05, 3.63) is 53.6 Å². The molecule has 0 aliphatic rings. The van der Waals surface area contributed by atoms with E-state index in [1.807, 2.05) is 12.1 Å². The zero-order chi connectivity index (χ0) is 13.7. The highest BCUT2D eigenvalue weighted by molar-refractivity contribution is 5.39. The van der Waals surface area contributed by atoms with Crippen molar-refractivity contribution < 1.29 is 14.9 Å². The Balaban J connectivity index is 1.98. The van der Waals surface area contributed by atoms with Gasteiger partial charge in [-0.15, -0.1) is 0 Å². The molecule has 0 aliphatic carbocycles. The first-order valence-electron chi connectivity index (χ1n) is 6.04.